The third kappa shape index (κ3) is 5.06. The molecule has 3 aliphatic rings. The largest absolute Gasteiger partial charge is 0.396 e. The molecule has 2 N–H and O–H groups in total. The van der Waals surface area contributed by atoms with Crippen LogP contribution in [0.2, 0.25) is 0 Å². The first kappa shape index (κ1) is 21.8. The minimum absolute atomic E-state index is 0.0920. The molecule has 0 spiro atoms. The maximum absolute atomic E-state index is 12.7. The Balaban J connectivity index is 1.24. The number of likely N-dealkylation sites (tertiary alicyclic amines) is 2. The van der Waals surface area contributed by atoms with E-state index in [1.807, 2.05) is 13.8 Å². The fourth-order valence-corrected chi connectivity index (χ4v) is 5.49. The van der Waals surface area contributed by atoms with Crippen molar-refractivity contribution < 1.29 is 9.90 Å². The lowest BCUT2D eigenvalue weighted by Crippen LogP contribution is -2.52. The van der Waals surface area contributed by atoms with Crippen molar-refractivity contribution in [3.8, 4) is 0 Å². The van der Waals surface area contributed by atoms with Crippen LogP contribution in [0.3, 0.4) is 0 Å². The summed E-state index contributed by atoms with van der Waals surface area (Å²) < 4.78 is 0. The molecule has 166 valence electrons. The Hall–Kier alpha value is -1.43. The fraction of sp³-hybridized carbons (Fsp3) is 0.720. The summed E-state index contributed by atoms with van der Waals surface area (Å²) in [4.78, 5) is 18.0. The molecule has 0 bridgehead atoms. The van der Waals surface area contributed by atoms with Gasteiger partial charge in [-0.15, -0.1) is 0 Å². The number of nitrogens with one attached hydrogen (secondary N) is 1. The first-order valence-electron chi connectivity index (χ1n) is 11.9. The zero-order valence-electron chi connectivity index (χ0n) is 18.8. The number of rotatable bonds is 6. The summed E-state index contributed by atoms with van der Waals surface area (Å²) in [5.74, 6) is 0.262. The van der Waals surface area contributed by atoms with E-state index >= 15 is 0 Å². The van der Waals surface area contributed by atoms with E-state index in [-0.39, 0.29) is 23.8 Å². The predicted molar refractivity (Wildman–Crippen MR) is 120 cm³/mol. The lowest BCUT2D eigenvalue weighted by Gasteiger charge is -2.43. The van der Waals surface area contributed by atoms with Crippen LogP contribution in [0.25, 0.3) is 0 Å². The molecule has 2 fully saturated rings. The zero-order chi connectivity index (χ0) is 21.1. The maximum Gasteiger partial charge on any atom is 0.224 e. The molecular formula is C25H39N3O2. The van der Waals surface area contributed by atoms with Gasteiger partial charge in [0, 0.05) is 37.2 Å². The normalized spacial score (nSPS) is 24.7. The quantitative estimate of drug-likeness (QED) is 0.752. The minimum Gasteiger partial charge on any atom is -0.396 e. The topological polar surface area (TPSA) is 55.8 Å². The van der Waals surface area contributed by atoms with Gasteiger partial charge >= 0.3 is 0 Å². The van der Waals surface area contributed by atoms with Crippen molar-refractivity contribution in [3.05, 3.63) is 35.4 Å². The smallest absolute Gasteiger partial charge is 0.224 e. The van der Waals surface area contributed by atoms with Crippen LogP contribution in [0.5, 0.6) is 0 Å². The van der Waals surface area contributed by atoms with Crippen molar-refractivity contribution in [2.24, 2.45) is 11.3 Å². The molecule has 2 saturated heterocycles. The summed E-state index contributed by atoms with van der Waals surface area (Å²) in [6, 6.07) is 10.2. The Bertz CT molecular complexity index is 702. The van der Waals surface area contributed by atoms with Crippen molar-refractivity contribution in [1.82, 2.24) is 15.1 Å². The molecule has 1 aromatic carbocycles. The molecule has 0 saturated carbocycles. The molecule has 1 atom stereocenters. The number of hydrogen-bond donors (Lipinski definition) is 2. The molecule has 1 unspecified atom stereocenters. The average molecular weight is 414 g/mol. The molecule has 2 aliphatic heterocycles. The van der Waals surface area contributed by atoms with E-state index < -0.39 is 0 Å². The van der Waals surface area contributed by atoms with Gasteiger partial charge < -0.3 is 10.4 Å². The van der Waals surface area contributed by atoms with Crippen LogP contribution in [-0.2, 0) is 17.6 Å². The van der Waals surface area contributed by atoms with E-state index in [1.165, 1.54) is 38.8 Å². The van der Waals surface area contributed by atoms with E-state index in [0.717, 1.165) is 25.9 Å². The van der Waals surface area contributed by atoms with Gasteiger partial charge in [-0.25, -0.2) is 0 Å². The minimum atomic E-state index is -0.253. The molecule has 1 aliphatic carbocycles. The van der Waals surface area contributed by atoms with Crippen LogP contribution in [0.1, 0.15) is 50.7 Å². The molecule has 5 nitrogen and oxygen atoms in total. The van der Waals surface area contributed by atoms with E-state index in [9.17, 15) is 9.90 Å². The predicted octanol–water partition coefficient (Wildman–Crippen LogP) is 2.46. The molecule has 30 heavy (non-hydrogen) atoms. The second-order valence-electron chi connectivity index (χ2n) is 10.5. The third-order valence-electron chi connectivity index (χ3n) is 7.55. The summed E-state index contributed by atoms with van der Waals surface area (Å²) in [6.07, 6.45) is 6.95. The molecular weight excluding hydrogens is 374 g/mol. The van der Waals surface area contributed by atoms with Crippen LogP contribution in [0.15, 0.2) is 24.3 Å². The fourth-order valence-electron chi connectivity index (χ4n) is 5.49. The number of amides is 1. The second-order valence-corrected chi connectivity index (χ2v) is 10.5. The van der Waals surface area contributed by atoms with Gasteiger partial charge in [-0.1, -0.05) is 38.1 Å². The molecule has 2 heterocycles. The Morgan fingerprint density at radius 3 is 2.33 bits per heavy atom. The summed E-state index contributed by atoms with van der Waals surface area (Å²) in [5, 5.41) is 12.5. The zero-order valence-corrected chi connectivity index (χ0v) is 18.8. The lowest BCUT2D eigenvalue weighted by molar-refractivity contribution is -0.127. The highest BCUT2D eigenvalue weighted by Crippen LogP contribution is 2.29. The summed E-state index contributed by atoms with van der Waals surface area (Å²) in [5.41, 5.74) is 2.83. The lowest BCUT2D eigenvalue weighted by atomic mass is 9.91. The molecule has 1 amide bonds. The van der Waals surface area contributed by atoms with Crippen molar-refractivity contribution in [2.45, 2.75) is 64.5 Å². The standard InChI is InChI=1S/C25H39N3O2/c1-25(2,18-29)17-26-24(30)21-8-5-11-28(16-21)22-9-12-27(13-10-22)23-14-19-6-3-4-7-20(19)15-23/h3-4,6-7,21-23,29H,5,8-18H2,1-2H3,(H,26,30). The summed E-state index contributed by atoms with van der Waals surface area (Å²) >= 11 is 0. The Morgan fingerprint density at radius 2 is 1.70 bits per heavy atom. The van der Waals surface area contributed by atoms with Crippen LogP contribution < -0.4 is 5.32 Å². The average Bonchev–Trinajstić information content (AvgIpc) is 3.22. The number of hydrogen-bond acceptors (Lipinski definition) is 4. The highest BCUT2D eigenvalue weighted by molar-refractivity contribution is 5.79. The molecule has 1 aromatic rings. The van der Waals surface area contributed by atoms with Crippen LogP contribution in [0, 0.1) is 11.3 Å². The van der Waals surface area contributed by atoms with Gasteiger partial charge in [0.15, 0.2) is 0 Å². The van der Waals surface area contributed by atoms with Gasteiger partial charge in [0.1, 0.15) is 0 Å². The van der Waals surface area contributed by atoms with Crippen molar-refractivity contribution in [1.29, 1.82) is 0 Å². The van der Waals surface area contributed by atoms with Crippen LogP contribution >= 0.6 is 0 Å². The van der Waals surface area contributed by atoms with Crippen molar-refractivity contribution in [3.63, 3.8) is 0 Å². The molecule has 4 rings (SSSR count). The second kappa shape index (κ2) is 9.37. The molecule has 0 aromatic heterocycles. The first-order valence-corrected chi connectivity index (χ1v) is 11.9. The molecule has 0 radical (unpaired) electrons. The van der Waals surface area contributed by atoms with Gasteiger partial charge in [-0.3, -0.25) is 14.6 Å². The number of aliphatic hydroxyl groups is 1. The Labute approximate surface area is 181 Å². The van der Waals surface area contributed by atoms with Crippen LogP contribution in [0.4, 0.5) is 0 Å². The van der Waals surface area contributed by atoms with E-state index in [1.54, 1.807) is 11.1 Å². The van der Waals surface area contributed by atoms with Crippen molar-refractivity contribution in [2.75, 3.05) is 39.3 Å². The number of piperidine rings is 2. The van der Waals surface area contributed by atoms with Gasteiger partial charge in [-0.2, -0.15) is 0 Å². The van der Waals surface area contributed by atoms with E-state index in [2.05, 4.69) is 39.4 Å². The van der Waals surface area contributed by atoms with Gasteiger partial charge in [0.05, 0.1) is 5.92 Å². The summed E-state index contributed by atoms with van der Waals surface area (Å²) in [7, 11) is 0. The number of benzene rings is 1. The highest BCUT2D eigenvalue weighted by Gasteiger charge is 2.34. The third-order valence-corrected chi connectivity index (χ3v) is 7.55. The number of aliphatic hydroxyl groups excluding tert-OH is 1. The monoisotopic (exact) mass is 413 g/mol. The van der Waals surface area contributed by atoms with Crippen molar-refractivity contribution >= 4 is 5.91 Å². The molecule has 5 heteroatoms. The maximum atomic E-state index is 12.7. The Kier molecular flexibility index (Phi) is 6.81. The highest BCUT2D eigenvalue weighted by atomic mass is 16.3. The number of carbonyl (C=O) groups excluding carboxylic acids is 1. The van der Waals surface area contributed by atoms with E-state index in [0.29, 0.717) is 18.6 Å². The van der Waals surface area contributed by atoms with Gasteiger partial charge in [0.2, 0.25) is 5.91 Å². The summed E-state index contributed by atoms with van der Waals surface area (Å²) in [6.45, 7) is 8.99. The SMILES string of the molecule is CC(C)(CO)CNC(=O)C1CCCN(C2CCN(C3Cc4ccccc4C3)CC2)C1. The van der Waals surface area contributed by atoms with E-state index in [4.69, 9.17) is 0 Å². The number of fused-ring (bicyclic) bond motifs is 1. The number of carbonyl (C=O) groups is 1. The van der Waals surface area contributed by atoms with Gasteiger partial charge in [0.25, 0.3) is 0 Å². The first-order chi connectivity index (χ1) is 14.4. The van der Waals surface area contributed by atoms with Gasteiger partial charge in [-0.05, 0) is 69.3 Å². The Morgan fingerprint density at radius 1 is 1.03 bits per heavy atom. The van der Waals surface area contributed by atoms with Crippen LogP contribution in [-0.4, -0.2) is 72.2 Å². The number of nitrogens with zero attached hydrogens (tertiary/aromatic N) is 2.